The molecule has 0 aromatic carbocycles. The van der Waals surface area contributed by atoms with E-state index in [1.54, 1.807) is 17.0 Å². The van der Waals surface area contributed by atoms with Gasteiger partial charge >= 0.3 is 0 Å². The van der Waals surface area contributed by atoms with E-state index in [2.05, 4.69) is 4.98 Å². The first-order valence-corrected chi connectivity index (χ1v) is 5.72. The Morgan fingerprint density at radius 1 is 1.53 bits per heavy atom. The Hall–Kier alpha value is -1.49. The SMILES string of the molecule is CC(C)CN(CC(N)=O)c1cc(N)cc(Cl)n1. The monoisotopic (exact) mass is 256 g/mol. The molecule has 0 bridgehead atoms. The third kappa shape index (κ3) is 4.48. The Kier molecular flexibility index (Phi) is 4.57. The van der Waals surface area contributed by atoms with Crippen LogP contribution in [0.3, 0.4) is 0 Å². The van der Waals surface area contributed by atoms with Crippen molar-refractivity contribution in [3.63, 3.8) is 0 Å². The zero-order valence-corrected chi connectivity index (χ0v) is 10.7. The van der Waals surface area contributed by atoms with Gasteiger partial charge in [-0.2, -0.15) is 0 Å². The molecule has 17 heavy (non-hydrogen) atoms. The summed E-state index contributed by atoms with van der Waals surface area (Å²) in [5.41, 5.74) is 11.4. The number of nitrogens with zero attached hydrogens (tertiary/aromatic N) is 2. The van der Waals surface area contributed by atoms with Crippen molar-refractivity contribution in [3.05, 3.63) is 17.3 Å². The highest BCUT2D eigenvalue weighted by Crippen LogP contribution is 2.20. The number of aromatic nitrogens is 1. The summed E-state index contributed by atoms with van der Waals surface area (Å²) in [4.78, 5) is 16.9. The molecule has 0 saturated heterocycles. The van der Waals surface area contributed by atoms with Gasteiger partial charge in [-0.05, 0) is 12.0 Å². The van der Waals surface area contributed by atoms with Gasteiger partial charge in [0.1, 0.15) is 11.0 Å². The van der Waals surface area contributed by atoms with Gasteiger partial charge in [-0.15, -0.1) is 0 Å². The number of nitrogens with two attached hydrogens (primary N) is 2. The average Bonchev–Trinajstić information content (AvgIpc) is 2.13. The van der Waals surface area contributed by atoms with Gasteiger partial charge in [0.25, 0.3) is 0 Å². The number of halogens is 1. The molecular formula is C11H17ClN4O. The smallest absolute Gasteiger partial charge is 0.236 e. The highest BCUT2D eigenvalue weighted by Gasteiger charge is 2.13. The fraction of sp³-hybridized carbons (Fsp3) is 0.455. The molecule has 1 heterocycles. The van der Waals surface area contributed by atoms with Crippen LogP contribution < -0.4 is 16.4 Å². The number of primary amides is 1. The number of anilines is 2. The molecule has 0 atom stereocenters. The second-order valence-electron chi connectivity index (χ2n) is 4.32. The number of hydrogen-bond donors (Lipinski definition) is 2. The highest BCUT2D eigenvalue weighted by molar-refractivity contribution is 6.29. The number of amides is 1. The molecule has 6 heteroatoms. The fourth-order valence-electron chi connectivity index (χ4n) is 1.53. The maximum atomic E-state index is 11.0. The average molecular weight is 257 g/mol. The van der Waals surface area contributed by atoms with Gasteiger partial charge in [-0.1, -0.05) is 25.4 Å². The quantitative estimate of drug-likeness (QED) is 0.777. The molecule has 0 saturated carbocycles. The molecule has 1 rings (SSSR count). The normalized spacial score (nSPS) is 10.6. The second kappa shape index (κ2) is 5.72. The lowest BCUT2D eigenvalue weighted by Gasteiger charge is -2.24. The Labute approximate surface area is 106 Å². The van der Waals surface area contributed by atoms with E-state index in [-0.39, 0.29) is 6.54 Å². The van der Waals surface area contributed by atoms with Gasteiger partial charge in [0, 0.05) is 18.3 Å². The molecule has 0 aliphatic rings. The lowest BCUT2D eigenvalue weighted by atomic mass is 10.2. The van der Waals surface area contributed by atoms with Crippen molar-refractivity contribution in [1.29, 1.82) is 0 Å². The summed E-state index contributed by atoms with van der Waals surface area (Å²) in [6, 6.07) is 3.24. The van der Waals surface area contributed by atoms with Crippen LogP contribution in [0.2, 0.25) is 5.15 Å². The molecule has 0 fully saturated rings. The molecule has 0 radical (unpaired) electrons. The molecule has 1 aromatic rings. The van der Waals surface area contributed by atoms with Gasteiger partial charge in [-0.25, -0.2) is 4.98 Å². The van der Waals surface area contributed by atoms with Crippen molar-refractivity contribution in [3.8, 4) is 0 Å². The standard InChI is InChI=1S/C11H17ClN4O/c1-7(2)5-16(6-10(14)17)11-4-8(13)3-9(12)15-11/h3-4,7H,5-6H2,1-2H3,(H2,13,15)(H2,14,17). The molecule has 94 valence electrons. The largest absolute Gasteiger partial charge is 0.399 e. The third-order valence-electron chi connectivity index (χ3n) is 2.06. The lowest BCUT2D eigenvalue weighted by molar-refractivity contribution is -0.116. The third-order valence-corrected chi connectivity index (χ3v) is 2.25. The van der Waals surface area contributed by atoms with Gasteiger partial charge < -0.3 is 16.4 Å². The van der Waals surface area contributed by atoms with Gasteiger partial charge in [0.15, 0.2) is 0 Å². The number of nitrogen functional groups attached to an aromatic ring is 1. The number of carbonyl (C=O) groups is 1. The van der Waals surface area contributed by atoms with E-state index in [1.807, 2.05) is 13.8 Å². The highest BCUT2D eigenvalue weighted by atomic mass is 35.5. The van der Waals surface area contributed by atoms with Crippen LogP contribution in [-0.2, 0) is 4.79 Å². The van der Waals surface area contributed by atoms with E-state index < -0.39 is 5.91 Å². The van der Waals surface area contributed by atoms with Crippen molar-refractivity contribution in [2.45, 2.75) is 13.8 Å². The predicted octanol–water partition coefficient (Wildman–Crippen LogP) is 1.26. The van der Waals surface area contributed by atoms with Crippen LogP contribution in [0.5, 0.6) is 0 Å². The van der Waals surface area contributed by atoms with Crippen LogP contribution in [0, 0.1) is 5.92 Å². The predicted molar refractivity (Wildman–Crippen MR) is 69.9 cm³/mol. The first-order chi connectivity index (χ1) is 7.88. The summed E-state index contributed by atoms with van der Waals surface area (Å²) >= 11 is 5.83. The van der Waals surface area contributed by atoms with Crippen molar-refractivity contribution in [2.75, 3.05) is 23.7 Å². The maximum Gasteiger partial charge on any atom is 0.236 e. The molecule has 1 amide bonds. The molecule has 1 aromatic heterocycles. The summed E-state index contributed by atoms with van der Waals surface area (Å²) in [6.07, 6.45) is 0. The molecule has 0 unspecified atom stereocenters. The van der Waals surface area contributed by atoms with Crippen LogP contribution in [-0.4, -0.2) is 24.0 Å². The van der Waals surface area contributed by atoms with Gasteiger partial charge in [0.2, 0.25) is 5.91 Å². The molecule has 0 aliphatic heterocycles. The molecule has 0 spiro atoms. The van der Waals surface area contributed by atoms with Crippen LogP contribution in [0.15, 0.2) is 12.1 Å². The van der Waals surface area contributed by atoms with Crippen molar-refractivity contribution < 1.29 is 4.79 Å². The van der Waals surface area contributed by atoms with Crippen LogP contribution >= 0.6 is 11.6 Å². The summed E-state index contributed by atoms with van der Waals surface area (Å²) in [5, 5.41) is 0.304. The fourth-order valence-corrected chi connectivity index (χ4v) is 1.74. The van der Waals surface area contributed by atoms with E-state index in [9.17, 15) is 4.79 Å². The molecule has 4 N–H and O–H groups in total. The zero-order valence-electron chi connectivity index (χ0n) is 9.98. The minimum atomic E-state index is -0.411. The lowest BCUT2D eigenvalue weighted by Crippen LogP contribution is -2.36. The minimum absolute atomic E-state index is 0.102. The van der Waals surface area contributed by atoms with E-state index >= 15 is 0 Å². The first-order valence-electron chi connectivity index (χ1n) is 5.34. The summed E-state index contributed by atoms with van der Waals surface area (Å²) in [5.74, 6) is 0.532. The number of rotatable bonds is 5. The summed E-state index contributed by atoms with van der Waals surface area (Å²) < 4.78 is 0. The molecular weight excluding hydrogens is 240 g/mol. The zero-order chi connectivity index (χ0) is 13.0. The topological polar surface area (TPSA) is 85.2 Å². The molecule has 0 aliphatic carbocycles. The van der Waals surface area contributed by atoms with Crippen molar-refractivity contribution in [1.82, 2.24) is 4.98 Å². The van der Waals surface area contributed by atoms with Gasteiger partial charge in [0.05, 0.1) is 6.54 Å². The summed E-state index contributed by atoms with van der Waals surface area (Å²) in [7, 11) is 0. The van der Waals surface area contributed by atoms with E-state index in [1.165, 1.54) is 0 Å². The first kappa shape index (κ1) is 13.6. The van der Waals surface area contributed by atoms with Gasteiger partial charge in [-0.3, -0.25) is 4.79 Å². The number of carbonyl (C=O) groups excluding carboxylic acids is 1. The van der Waals surface area contributed by atoms with Crippen molar-refractivity contribution >= 4 is 29.0 Å². The molecule has 5 nitrogen and oxygen atoms in total. The van der Waals surface area contributed by atoms with Crippen molar-refractivity contribution in [2.24, 2.45) is 11.7 Å². The minimum Gasteiger partial charge on any atom is -0.399 e. The van der Waals surface area contributed by atoms with Crippen LogP contribution in [0.4, 0.5) is 11.5 Å². The second-order valence-corrected chi connectivity index (χ2v) is 4.71. The number of hydrogen-bond acceptors (Lipinski definition) is 4. The maximum absolute atomic E-state index is 11.0. The number of pyridine rings is 1. The Bertz CT molecular complexity index is 388. The Morgan fingerprint density at radius 3 is 2.65 bits per heavy atom. The van der Waals surface area contributed by atoms with E-state index in [0.29, 0.717) is 29.1 Å². The van der Waals surface area contributed by atoms with Crippen LogP contribution in [0.1, 0.15) is 13.8 Å². The Morgan fingerprint density at radius 2 is 2.18 bits per heavy atom. The Balaban J connectivity index is 2.98. The summed E-state index contributed by atoms with van der Waals surface area (Å²) in [6.45, 7) is 4.85. The van der Waals surface area contributed by atoms with E-state index in [0.717, 1.165) is 0 Å². The van der Waals surface area contributed by atoms with E-state index in [4.69, 9.17) is 23.1 Å². The van der Waals surface area contributed by atoms with Crippen LogP contribution in [0.25, 0.3) is 0 Å².